The second-order valence-electron chi connectivity index (χ2n) is 10.4. The summed E-state index contributed by atoms with van der Waals surface area (Å²) in [6.07, 6.45) is 11.8. The molecule has 0 atom stereocenters. The SMILES string of the molecule is CCCCCS(=O)(=O)CCCCCCCCCCn1c(-c2ccc(OC)cc2)c(C)c2cc(OC)ccc21. The Balaban J connectivity index is 1.49. The normalized spacial score (nSPS) is 11.8. The first-order valence-corrected chi connectivity index (χ1v) is 16.2. The first-order chi connectivity index (χ1) is 18.4. The van der Waals surface area contributed by atoms with E-state index in [4.69, 9.17) is 9.47 Å². The van der Waals surface area contributed by atoms with Crippen molar-refractivity contribution in [1.29, 1.82) is 0 Å². The lowest BCUT2D eigenvalue weighted by Gasteiger charge is -2.13. The van der Waals surface area contributed by atoms with Gasteiger partial charge in [0, 0.05) is 17.4 Å². The Morgan fingerprint density at radius 1 is 0.711 bits per heavy atom. The van der Waals surface area contributed by atoms with Crippen molar-refractivity contribution in [1.82, 2.24) is 4.57 Å². The molecule has 0 unspecified atom stereocenters. The molecule has 0 spiro atoms. The molecule has 0 fully saturated rings. The molecule has 0 saturated heterocycles. The molecule has 5 nitrogen and oxygen atoms in total. The van der Waals surface area contributed by atoms with E-state index < -0.39 is 9.84 Å². The predicted molar refractivity (Wildman–Crippen MR) is 160 cm³/mol. The van der Waals surface area contributed by atoms with Crippen LogP contribution in [0.3, 0.4) is 0 Å². The fourth-order valence-electron chi connectivity index (χ4n) is 5.31. The third-order valence-electron chi connectivity index (χ3n) is 7.53. The van der Waals surface area contributed by atoms with Gasteiger partial charge in [-0.2, -0.15) is 0 Å². The van der Waals surface area contributed by atoms with Crippen LogP contribution in [-0.4, -0.2) is 38.7 Å². The maximum atomic E-state index is 12.1. The van der Waals surface area contributed by atoms with E-state index in [1.165, 1.54) is 53.4 Å². The number of nitrogens with zero attached hydrogens (tertiary/aromatic N) is 1. The van der Waals surface area contributed by atoms with Gasteiger partial charge < -0.3 is 14.0 Å². The molecular weight excluding hydrogens is 494 g/mol. The standard InChI is InChI=1S/C32H47NO4S/c1-5-6-14-23-38(34,35)24-15-12-10-8-7-9-11-13-22-33-31-21-20-29(37-4)25-30(31)26(2)32(33)27-16-18-28(36-3)19-17-27/h16-21,25H,5-15,22-24H2,1-4H3. The summed E-state index contributed by atoms with van der Waals surface area (Å²) < 4.78 is 37.5. The number of methoxy groups -OCH3 is 2. The van der Waals surface area contributed by atoms with Crippen molar-refractivity contribution in [2.75, 3.05) is 25.7 Å². The van der Waals surface area contributed by atoms with Crippen molar-refractivity contribution in [3.8, 4) is 22.8 Å². The number of fused-ring (bicyclic) bond motifs is 1. The summed E-state index contributed by atoms with van der Waals surface area (Å²) in [6.45, 7) is 5.29. The monoisotopic (exact) mass is 541 g/mol. The van der Waals surface area contributed by atoms with Gasteiger partial charge in [-0.25, -0.2) is 8.42 Å². The van der Waals surface area contributed by atoms with Crippen LogP contribution in [0.25, 0.3) is 22.2 Å². The minimum absolute atomic E-state index is 0.364. The summed E-state index contributed by atoms with van der Waals surface area (Å²) in [7, 11) is 0.569. The van der Waals surface area contributed by atoms with E-state index in [0.29, 0.717) is 11.5 Å². The van der Waals surface area contributed by atoms with Gasteiger partial charge >= 0.3 is 0 Å². The highest BCUT2D eigenvalue weighted by Gasteiger charge is 2.16. The summed E-state index contributed by atoms with van der Waals surface area (Å²) in [4.78, 5) is 0. The van der Waals surface area contributed by atoms with Crippen LogP contribution in [0.5, 0.6) is 11.5 Å². The lowest BCUT2D eigenvalue weighted by Crippen LogP contribution is -2.11. The summed E-state index contributed by atoms with van der Waals surface area (Å²) >= 11 is 0. The molecule has 0 bridgehead atoms. The van der Waals surface area contributed by atoms with E-state index in [-0.39, 0.29) is 0 Å². The number of hydrogen-bond donors (Lipinski definition) is 0. The molecule has 0 N–H and O–H groups in total. The molecule has 38 heavy (non-hydrogen) atoms. The maximum absolute atomic E-state index is 12.1. The molecule has 1 heterocycles. The van der Waals surface area contributed by atoms with Crippen molar-refractivity contribution >= 4 is 20.7 Å². The Labute approximate surface area is 230 Å². The third-order valence-corrected chi connectivity index (χ3v) is 9.35. The number of aryl methyl sites for hydroxylation is 2. The maximum Gasteiger partial charge on any atom is 0.150 e. The molecule has 3 rings (SSSR count). The Hall–Kier alpha value is -2.47. The molecule has 2 aromatic carbocycles. The number of sulfone groups is 1. The zero-order valence-electron chi connectivity index (χ0n) is 23.9. The molecule has 0 aliphatic carbocycles. The summed E-state index contributed by atoms with van der Waals surface area (Å²) in [5.74, 6) is 2.48. The highest BCUT2D eigenvalue weighted by atomic mass is 32.2. The van der Waals surface area contributed by atoms with E-state index in [1.807, 2.05) is 18.2 Å². The average molecular weight is 542 g/mol. The Morgan fingerprint density at radius 2 is 1.26 bits per heavy atom. The highest BCUT2D eigenvalue weighted by Crippen LogP contribution is 2.36. The van der Waals surface area contributed by atoms with Gasteiger partial charge in [0.1, 0.15) is 21.3 Å². The predicted octanol–water partition coefficient (Wildman–Crippen LogP) is 8.36. The molecule has 0 amide bonds. The van der Waals surface area contributed by atoms with Gasteiger partial charge in [-0.1, -0.05) is 58.3 Å². The van der Waals surface area contributed by atoms with E-state index in [2.05, 4.69) is 42.7 Å². The van der Waals surface area contributed by atoms with Crippen LogP contribution in [0.15, 0.2) is 42.5 Å². The molecule has 0 aliphatic rings. The van der Waals surface area contributed by atoms with Crippen LogP contribution in [0, 0.1) is 6.92 Å². The first kappa shape index (κ1) is 30.1. The quantitative estimate of drug-likeness (QED) is 0.152. The van der Waals surface area contributed by atoms with Crippen LogP contribution in [0.4, 0.5) is 0 Å². The summed E-state index contributed by atoms with van der Waals surface area (Å²) in [5, 5.41) is 1.24. The van der Waals surface area contributed by atoms with Crippen LogP contribution in [-0.2, 0) is 16.4 Å². The highest BCUT2D eigenvalue weighted by molar-refractivity contribution is 7.91. The number of aromatic nitrogens is 1. The minimum Gasteiger partial charge on any atom is -0.497 e. The van der Waals surface area contributed by atoms with Gasteiger partial charge in [0.15, 0.2) is 0 Å². The first-order valence-electron chi connectivity index (χ1n) is 14.4. The summed E-state index contributed by atoms with van der Waals surface area (Å²) in [6, 6.07) is 14.7. The van der Waals surface area contributed by atoms with Crippen LogP contribution >= 0.6 is 0 Å². The Morgan fingerprint density at radius 3 is 1.87 bits per heavy atom. The number of rotatable bonds is 18. The molecular formula is C32H47NO4S. The molecule has 0 aliphatic heterocycles. The zero-order valence-corrected chi connectivity index (χ0v) is 24.7. The second kappa shape index (κ2) is 15.2. The van der Waals surface area contributed by atoms with E-state index in [9.17, 15) is 8.42 Å². The largest absolute Gasteiger partial charge is 0.497 e. The van der Waals surface area contributed by atoms with Crippen molar-refractivity contribution < 1.29 is 17.9 Å². The van der Waals surface area contributed by atoms with Crippen LogP contribution in [0.2, 0.25) is 0 Å². The Kier molecular flexibility index (Phi) is 12.0. The van der Waals surface area contributed by atoms with Crippen molar-refractivity contribution in [3.05, 3.63) is 48.0 Å². The van der Waals surface area contributed by atoms with Gasteiger partial charge in [-0.15, -0.1) is 0 Å². The number of unbranched alkanes of at least 4 members (excludes halogenated alkanes) is 9. The molecule has 1 aromatic heterocycles. The van der Waals surface area contributed by atoms with Gasteiger partial charge in [-0.3, -0.25) is 0 Å². The van der Waals surface area contributed by atoms with Crippen LogP contribution in [0.1, 0.15) is 83.1 Å². The van der Waals surface area contributed by atoms with Gasteiger partial charge in [0.2, 0.25) is 0 Å². The average Bonchev–Trinajstić information content (AvgIpc) is 3.20. The fraction of sp³-hybridized carbons (Fsp3) is 0.562. The van der Waals surface area contributed by atoms with Crippen molar-refractivity contribution in [2.24, 2.45) is 0 Å². The number of hydrogen-bond acceptors (Lipinski definition) is 4. The molecule has 3 aromatic rings. The summed E-state index contributed by atoms with van der Waals surface area (Å²) in [5.41, 5.74) is 4.99. The van der Waals surface area contributed by atoms with Gasteiger partial charge in [0.05, 0.1) is 31.4 Å². The molecule has 6 heteroatoms. The second-order valence-corrected chi connectivity index (χ2v) is 12.7. The van der Waals surface area contributed by atoms with Crippen molar-refractivity contribution in [3.63, 3.8) is 0 Å². The topological polar surface area (TPSA) is 57.5 Å². The fourth-order valence-corrected chi connectivity index (χ4v) is 6.80. The van der Waals surface area contributed by atoms with Gasteiger partial charge in [0.25, 0.3) is 0 Å². The van der Waals surface area contributed by atoms with Gasteiger partial charge in [-0.05, 0) is 79.8 Å². The van der Waals surface area contributed by atoms with Crippen LogP contribution < -0.4 is 9.47 Å². The third kappa shape index (κ3) is 8.52. The van der Waals surface area contributed by atoms with E-state index >= 15 is 0 Å². The molecule has 0 radical (unpaired) electrons. The van der Waals surface area contributed by atoms with E-state index in [1.54, 1.807) is 14.2 Å². The van der Waals surface area contributed by atoms with Crippen molar-refractivity contribution in [2.45, 2.75) is 91.0 Å². The molecule has 210 valence electrons. The lowest BCUT2D eigenvalue weighted by atomic mass is 10.1. The number of benzene rings is 2. The smallest absolute Gasteiger partial charge is 0.150 e. The lowest BCUT2D eigenvalue weighted by molar-refractivity contribution is 0.415. The molecule has 0 saturated carbocycles. The Bertz CT molecular complexity index is 1230. The van der Waals surface area contributed by atoms with E-state index in [0.717, 1.165) is 63.0 Å². The number of ether oxygens (including phenoxy) is 2. The zero-order chi connectivity index (χ0) is 27.4. The minimum atomic E-state index is -2.85.